The molecule has 0 bridgehead atoms. The van der Waals surface area contributed by atoms with Crippen LogP contribution in [0.25, 0.3) is 0 Å². The highest BCUT2D eigenvalue weighted by atomic mass is 35.5. The molecule has 3 aromatic carbocycles. The first-order valence-electron chi connectivity index (χ1n) is 10.9. The predicted octanol–water partition coefficient (Wildman–Crippen LogP) is 4.60. The van der Waals surface area contributed by atoms with Gasteiger partial charge in [-0.1, -0.05) is 48.0 Å². The van der Waals surface area contributed by atoms with E-state index in [4.69, 9.17) is 16.3 Å². The Hall–Kier alpha value is -3.02. The Morgan fingerprint density at radius 3 is 2.47 bits per heavy atom. The molecule has 32 heavy (non-hydrogen) atoms. The van der Waals surface area contributed by atoms with Crippen molar-refractivity contribution in [3.63, 3.8) is 0 Å². The van der Waals surface area contributed by atoms with Gasteiger partial charge in [0.15, 0.2) is 0 Å². The molecule has 1 fully saturated rings. The quantitative estimate of drug-likeness (QED) is 0.572. The average Bonchev–Trinajstić information content (AvgIpc) is 2.83. The highest BCUT2D eigenvalue weighted by molar-refractivity contribution is 6.31. The second kappa shape index (κ2) is 10.5. The minimum atomic E-state index is -0.128. The molecule has 1 amide bonds. The molecule has 4 rings (SSSR count). The number of carbonyl (C=O) groups excluding carboxylic acids is 1. The van der Waals surface area contributed by atoms with Crippen molar-refractivity contribution in [1.29, 1.82) is 0 Å². The molecule has 6 heteroatoms. The molecule has 0 aromatic heterocycles. The van der Waals surface area contributed by atoms with Crippen LogP contribution in [0.2, 0.25) is 5.02 Å². The minimum absolute atomic E-state index is 0.128. The van der Waals surface area contributed by atoms with Crippen molar-refractivity contribution in [1.82, 2.24) is 10.2 Å². The molecule has 0 radical (unpaired) electrons. The van der Waals surface area contributed by atoms with E-state index >= 15 is 0 Å². The van der Waals surface area contributed by atoms with Crippen molar-refractivity contribution in [2.24, 2.45) is 0 Å². The fourth-order valence-electron chi connectivity index (χ4n) is 3.68. The van der Waals surface area contributed by atoms with E-state index in [9.17, 15) is 4.79 Å². The van der Waals surface area contributed by atoms with Gasteiger partial charge in [-0.3, -0.25) is 4.79 Å². The maximum absolute atomic E-state index is 12.6. The molecule has 0 unspecified atom stereocenters. The molecule has 1 saturated heterocycles. The third-order valence-electron chi connectivity index (χ3n) is 5.71. The molecule has 1 aliphatic heterocycles. The van der Waals surface area contributed by atoms with Crippen LogP contribution in [-0.4, -0.2) is 44.0 Å². The lowest BCUT2D eigenvalue weighted by Crippen LogP contribution is -2.44. The summed E-state index contributed by atoms with van der Waals surface area (Å²) < 4.78 is 5.83. The van der Waals surface area contributed by atoms with Crippen molar-refractivity contribution in [3.8, 4) is 5.75 Å². The summed E-state index contributed by atoms with van der Waals surface area (Å²) >= 11 is 6.18. The summed E-state index contributed by atoms with van der Waals surface area (Å²) in [6.07, 6.45) is 0. The average molecular weight is 450 g/mol. The van der Waals surface area contributed by atoms with E-state index in [1.165, 1.54) is 5.69 Å². The van der Waals surface area contributed by atoms with Crippen molar-refractivity contribution >= 4 is 23.2 Å². The standard InChI is InChI=1S/C26H28ClN3O2/c1-29-13-15-30(16-14-29)23-11-9-20(10-12-23)18-28-26(31)21-6-4-7-24(17-21)32-19-22-5-2-3-8-25(22)27/h2-12,17H,13-16,18-19H2,1H3,(H,28,31). The molecule has 1 heterocycles. The van der Waals surface area contributed by atoms with Gasteiger partial charge in [0.05, 0.1) is 0 Å². The van der Waals surface area contributed by atoms with E-state index in [1.54, 1.807) is 12.1 Å². The first-order valence-corrected chi connectivity index (χ1v) is 11.2. The van der Waals surface area contributed by atoms with Gasteiger partial charge in [0.25, 0.3) is 5.91 Å². The largest absolute Gasteiger partial charge is 0.489 e. The molecular weight excluding hydrogens is 422 g/mol. The normalized spacial score (nSPS) is 14.2. The Labute approximate surface area is 194 Å². The topological polar surface area (TPSA) is 44.8 Å². The van der Waals surface area contributed by atoms with Gasteiger partial charge in [-0.05, 0) is 49.0 Å². The number of rotatable bonds is 7. The highest BCUT2D eigenvalue weighted by Crippen LogP contribution is 2.20. The van der Waals surface area contributed by atoms with Gasteiger partial charge < -0.3 is 19.9 Å². The lowest BCUT2D eigenvalue weighted by molar-refractivity contribution is 0.0950. The monoisotopic (exact) mass is 449 g/mol. The zero-order chi connectivity index (χ0) is 22.3. The Morgan fingerprint density at radius 2 is 1.72 bits per heavy atom. The molecular formula is C26H28ClN3O2. The maximum atomic E-state index is 12.6. The Balaban J connectivity index is 1.30. The first kappa shape index (κ1) is 22.2. The van der Waals surface area contributed by atoms with Crippen molar-refractivity contribution in [2.75, 3.05) is 38.1 Å². The summed E-state index contributed by atoms with van der Waals surface area (Å²) in [5, 5.41) is 3.66. The number of piperazine rings is 1. The van der Waals surface area contributed by atoms with Crippen LogP contribution < -0.4 is 15.0 Å². The van der Waals surface area contributed by atoms with Gasteiger partial charge in [0.1, 0.15) is 12.4 Å². The van der Waals surface area contributed by atoms with E-state index in [0.717, 1.165) is 37.3 Å². The van der Waals surface area contributed by atoms with E-state index in [0.29, 0.717) is 29.5 Å². The molecule has 0 saturated carbocycles. The maximum Gasteiger partial charge on any atom is 0.251 e. The van der Waals surface area contributed by atoms with Crippen molar-refractivity contribution in [3.05, 3.63) is 94.5 Å². The fraction of sp³-hybridized carbons (Fsp3) is 0.269. The lowest BCUT2D eigenvalue weighted by Gasteiger charge is -2.34. The van der Waals surface area contributed by atoms with Gasteiger partial charge in [0, 0.05) is 54.6 Å². The van der Waals surface area contributed by atoms with E-state index < -0.39 is 0 Å². The second-order valence-corrected chi connectivity index (χ2v) is 8.45. The predicted molar refractivity (Wildman–Crippen MR) is 130 cm³/mol. The van der Waals surface area contributed by atoms with Crippen LogP contribution in [0.5, 0.6) is 5.75 Å². The number of hydrogen-bond acceptors (Lipinski definition) is 4. The Kier molecular flexibility index (Phi) is 7.30. The third-order valence-corrected chi connectivity index (χ3v) is 6.07. The van der Waals surface area contributed by atoms with Gasteiger partial charge >= 0.3 is 0 Å². The van der Waals surface area contributed by atoms with Crippen LogP contribution in [0.1, 0.15) is 21.5 Å². The summed E-state index contributed by atoms with van der Waals surface area (Å²) in [6.45, 7) is 5.08. The number of likely N-dealkylation sites (N-methyl/N-ethyl adjacent to an activating group) is 1. The summed E-state index contributed by atoms with van der Waals surface area (Å²) in [5.74, 6) is 0.505. The SMILES string of the molecule is CN1CCN(c2ccc(CNC(=O)c3cccc(OCc4ccccc4Cl)c3)cc2)CC1. The number of benzene rings is 3. The number of carbonyl (C=O) groups is 1. The number of anilines is 1. The zero-order valence-corrected chi connectivity index (χ0v) is 19.0. The molecule has 5 nitrogen and oxygen atoms in total. The zero-order valence-electron chi connectivity index (χ0n) is 18.3. The van der Waals surface area contributed by atoms with Crippen LogP contribution in [0.3, 0.4) is 0 Å². The van der Waals surface area contributed by atoms with E-state index in [-0.39, 0.29) is 5.91 Å². The highest BCUT2D eigenvalue weighted by Gasteiger charge is 2.14. The number of nitrogens with one attached hydrogen (secondary N) is 1. The summed E-state index contributed by atoms with van der Waals surface area (Å²) in [7, 11) is 2.16. The van der Waals surface area contributed by atoms with Gasteiger partial charge in [0.2, 0.25) is 0 Å². The number of hydrogen-bond donors (Lipinski definition) is 1. The number of ether oxygens (including phenoxy) is 1. The summed E-state index contributed by atoms with van der Waals surface area (Å²) in [4.78, 5) is 17.4. The van der Waals surface area contributed by atoms with Gasteiger partial charge in [-0.15, -0.1) is 0 Å². The van der Waals surface area contributed by atoms with Crippen LogP contribution >= 0.6 is 11.6 Å². The van der Waals surface area contributed by atoms with Crippen molar-refractivity contribution in [2.45, 2.75) is 13.2 Å². The van der Waals surface area contributed by atoms with E-state index in [2.05, 4.69) is 46.4 Å². The molecule has 166 valence electrons. The third kappa shape index (κ3) is 5.81. The molecule has 1 aliphatic rings. The minimum Gasteiger partial charge on any atom is -0.489 e. The van der Waals surface area contributed by atoms with Crippen molar-refractivity contribution < 1.29 is 9.53 Å². The van der Waals surface area contributed by atoms with Crippen LogP contribution in [0, 0.1) is 0 Å². The Morgan fingerprint density at radius 1 is 0.969 bits per heavy atom. The molecule has 0 spiro atoms. The number of halogens is 1. The summed E-state index contributed by atoms with van der Waals surface area (Å²) in [5.41, 5.74) is 3.78. The smallest absolute Gasteiger partial charge is 0.251 e. The van der Waals surface area contributed by atoms with Crippen LogP contribution in [-0.2, 0) is 13.2 Å². The van der Waals surface area contributed by atoms with Crippen LogP contribution in [0.15, 0.2) is 72.8 Å². The number of nitrogens with zero attached hydrogens (tertiary/aromatic N) is 2. The van der Waals surface area contributed by atoms with Gasteiger partial charge in [-0.25, -0.2) is 0 Å². The molecule has 0 atom stereocenters. The number of amides is 1. The molecule has 0 aliphatic carbocycles. The fourth-order valence-corrected chi connectivity index (χ4v) is 3.87. The lowest BCUT2D eigenvalue weighted by atomic mass is 10.1. The van der Waals surface area contributed by atoms with Gasteiger partial charge in [-0.2, -0.15) is 0 Å². The second-order valence-electron chi connectivity index (χ2n) is 8.05. The summed E-state index contributed by atoms with van der Waals surface area (Å²) in [6, 6.07) is 23.2. The Bertz CT molecular complexity index is 1050. The molecule has 1 N–H and O–H groups in total. The molecule has 3 aromatic rings. The first-order chi connectivity index (χ1) is 15.6. The van der Waals surface area contributed by atoms with E-state index in [1.807, 2.05) is 36.4 Å². The van der Waals surface area contributed by atoms with Crippen LogP contribution in [0.4, 0.5) is 5.69 Å².